The molecule has 1 fully saturated rings. The predicted octanol–water partition coefficient (Wildman–Crippen LogP) is 5.53. The van der Waals surface area contributed by atoms with Gasteiger partial charge in [-0.15, -0.1) is 0 Å². The van der Waals surface area contributed by atoms with Crippen molar-refractivity contribution in [3.8, 4) is 11.6 Å². The zero-order valence-electron chi connectivity index (χ0n) is 21.3. The van der Waals surface area contributed by atoms with Crippen LogP contribution in [0.15, 0.2) is 42.6 Å². The summed E-state index contributed by atoms with van der Waals surface area (Å²) in [6.07, 6.45) is 4.56. The van der Waals surface area contributed by atoms with Crippen LogP contribution in [0.2, 0.25) is 0 Å². The van der Waals surface area contributed by atoms with Gasteiger partial charge in [0.25, 0.3) is 0 Å². The second-order valence-corrected chi connectivity index (χ2v) is 9.99. The van der Waals surface area contributed by atoms with E-state index < -0.39 is 5.60 Å². The standard InChI is InChI=1S/C27H39N3O4/c1-19(21-7-10-23(32-5)11-8-21)29-24(22-9-12-25(33-6)28-18-22)17-20-13-15-30(16-14-20)26(31)34-27(2,3)4/h7-12,18-20,24,29H,13-17H2,1-6H3/t19-,24?/m0/s1. The van der Waals surface area contributed by atoms with E-state index in [0.29, 0.717) is 11.8 Å². The number of amides is 1. The van der Waals surface area contributed by atoms with Crippen LogP contribution in [0.1, 0.15) is 70.2 Å². The van der Waals surface area contributed by atoms with Crippen molar-refractivity contribution in [3.05, 3.63) is 53.7 Å². The van der Waals surface area contributed by atoms with Crippen LogP contribution in [0.25, 0.3) is 0 Å². The fraction of sp³-hybridized carbons (Fsp3) is 0.556. The first kappa shape index (κ1) is 25.8. The molecule has 0 saturated carbocycles. The number of nitrogens with zero attached hydrogens (tertiary/aromatic N) is 2. The van der Waals surface area contributed by atoms with Gasteiger partial charge in [0.15, 0.2) is 0 Å². The van der Waals surface area contributed by atoms with Crippen LogP contribution in [-0.4, -0.2) is 48.9 Å². The van der Waals surface area contributed by atoms with Gasteiger partial charge >= 0.3 is 6.09 Å². The lowest BCUT2D eigenvalue weighted by Crippen LogP contribution is -2.42. The Bertz CT molecular complexity index is 901. The third-order valence-electron chi connectivity index (χ3n) is 6.27. The first-order valence-electron chi connectivity index (χ1n) is 12.1. The van der Waals surface area contributed by atoms with Gasteiger partial charge in [-0.2, -0.15) is 0 Å². The van der Waals surface area contributed by atoms with Gasteiger partial charge in [0.05, 0.1) is 14.2 Å². The third-order valence-corrected chi connectivity index (χ3v) is 6.27. The van der Waals surface area contributed by atoms with Crippen molar-refractivity contribution < 1.29 is 19.0 Å². The normalized spacial score (nSPS) is 16.6. The number of nitrogens with one attached hydrogen (secondary N) is 1. The Morgan fingerprint density at radius 2 is 1.71 bits per heavy atom. The summed E-state index contributed by atoms with van der Waals surface area (Å²) in [7, 11) is 3.31. The van der Waals surface area contributed by atoms with Gasteiger partial charge < -0.3 is 24.4 Å². The smallest absolute Gasteiger partial charge is 0.410 e. The molecule has 1 amide bonds. The van der Waals surface area contributed by atoms with E-state index in [9.17, 15) is 4.79 Å². The fourth-order valence-electron chi connectivity index (χ4n) is 4.32. The van der Waals surface area contributed by atoms with Gasteiger partial charge in [-0.1, -0.05) is 18.2 Å². The predicted molar refractivity (Wildman–Crippen MR) is 133 cm³/mol. The molecule has 2 aromatic rings. The highest BCUT2D eigenvalue weighted by Gasteiger charge is 2.29. The highest BCUT2D eigenvalue weighted by atomic mass is 16.6. The maximum Gasteiger partial charge on any atom is 0.410 e. The molecule has 1 N–H and O–H groups in total. The topological polar surface area (TPSA) is 72.9 Å². The number of benzene rings is 1. The Balaban J connectivity index is 1.67. The van der Waals surface area contributed by atoms with Crippen LogP contribution in [-0.2, 0) is 4.74 Å². The molecular formula is C27H39N3O4. The SMILES string of the molecule is COc1ccc([C@H](C)NC(CC2CCN(C(=O)OC(C)(C)C)CC2)c2ccc(OC)nc2)cc1. The lowest BCUT2D eigenvalue weighted by Gasteiger charge is -2.35. The Kier molecular flexibility index (Phi) is 8.78. The lowest BCUT2D eigenvalue weighted by atomic mass is 9.87. The fourth-order valence-corrected chi connectivity index (χ4v) is 4.32. The van der Waals surface area contributed by atoms with E-state index in [1.807, 2.05) is 50.1 Å². The molecule has 0 radical (unpaired) electrons. The molecule has 2 atom stereocenters. The van der Waals surface area contributed by atoms with Crippen LogP contribution in [0, 0.1) is 5.92 Å². The molecule has 1 unspecified atom stereocenters. The lowest BCUT2D eigenvalue weighted by molar-refractivity contribution is 0.0177. The van der Waals surface area contributed by atoms with Crippen LogP contribution < -0.4 is 14.8 Å². The zero-order valence-corrected chi connectivity index (χ0v) is 21.3. The van der Waals surface area contributed by atoms with E-state index in [1.165, 1.54) is 5.56 Å². The van der Waals surface area contributed by atoms with E-state index in [-0.39, 0.29) is 18.2 Å². The van der Waals surface area contributed by atoms with Crippen molar-refractivity contribution in [1.82, 2.24) is 15.2 Å². The summed E-state index contributed by atoms with van der Waals surface area (Å²) in [5.74, 6) is 1.96. The molecule has 0 aliphatic carbocycles. The molecule has 7 heteroatoms. The van der Waals surface area contributed by atoms with Gasteiger partial charge in [-0.25, -0.2) is 9.78 Å². The molecule has 1 aliphatic heterocycles. The Morgan fingerprint density at radius 3 is 2.24 bits per heavy atom. The molecule has 7 nitrogen and oxygen atoms in total. The van der Waals surface area contributed by atoms with Gasteiger partial charge in [0.2, 0.25) is 5.88 Å². The second kappa shape index (κ2) is 11.6. The zero-order chi connectivity index (χ0) is 24.7. The number of likely N-dealkylation sites (tertiary alicyclic amines) is 1. The summed E-state index contributed by atoms with van der Waals surface area (Å²) in [5, 5.41) is 3.81. The molecule has 1 aliphatic rings. The van der Waals surface area contributed by atoms with Crippen molar-refractivity contribution in [1.29, 1.82) is 0 Å². The Morgan fingerprint density at radius 1 is 1.06 bits per heavy atom. The molecule has 1 aromatic heterocycles. The van der Waals surface area contributed by atoms with Crippen LogP contribution in [0.5, 0.6) is 11.6 Å². The largest absolute Gasteiger partial charge is 0.497 e. The molecule has 2 heterocycles. The van der Waals surface area contributed by atoms with E-state index in [0.717, 1.165) is 43.7 Å². The van der Waals surface area contributed by atoms with Crippen molar-refractivity contribution in [2.24, 2.45) is 5.92 Å². The molecule has 1 aromatic carbocycles. The van der Waals surface area contributed by atoms with Gasteiger partial charge in [0.1, 0.15) is 11.4 Å². The minimum Gasteiger partial charge on any atom is -0.497 e. The molecule has 1 saturated heterocycles. The minimum absolute atomic E-state index is 0.133. The average Bonchev–Trinajstić information content (AvgIpc) is 2.83. The summed E-state index contributed by atoms with van der Waals surface area (Å²) in [4.78, 5) is 18.7. The molecule has 0 spiro atoms. The first-order valence-corrected chi connectivity index (χ1v) is 12.1. The van der Waals surface area contributed by atoms with E-state index in [2.05, 4.69) is 35.4 Å². The van der Waals surface area contributed by atoms with Gasteiger partial charge in [-0.3, -0.25) is 0 Å². The number of pyridine rings is 1. The molecule has 0 bridgehead atoms. The number of aromatic nitrogens is 1. The van der Waals surface area contributed by atoms with Crippen LogP contribution in [0.4, 0.5) is 4.79 Å². The summed E-state index contributed by atoms with van der Waals surface area (Å²) >= 11 is 0. The van der Waals surface area contributed by atoms with Crippen molar-refractivity contribution in [3.63, 3.8) is 0 Å². The number of ether oxygens (including phenoxy) is 3. The number of rotatable bonds is 8. The van der Waals surface area contributed by atoms with Gasteiger partial charge in [0, 0.05) is 37.4 Å². The maximum absolute atomic E-state index is 12.4. The number of carbonyl (C=O) groups is 1. The highest BCUT2D eigenvalue weighted by Crippen LogP contribution is 2.31. The summed E-state index contributed by atoms with van der Waals surface area (Å²) in [5.41, 5.74) is 1.87. The average molecular weight is 470 g/mol. The summed E-state index contributed by atoms with van der Waals surface area (Å²) < 4.78 is 16.1. The van der Waals surface area contributed by atoms with E-state index >= 15 is 0 Å². The quantitative estimate of drug-likeness (QED) is 0.548. The summed E-state index contributed by atoms with van der Waals surface area (Å²) in [6.45, 7) is 9.33. The summed E-state index contributed by atoms with van der Waals surface area (Å²) in [6, 6.07) is 12.5. The highest BCUT2D eigenvalue weighted by molar-refractivity contribution is 5.68. The monoisotopic (exact) mass is 469 g/mol. The van der Waals surface area contributed by atoms with Crippen LogP contribution in [0.3, 0.4) is 0 Å². The van der Waals surface area contributed by atoms with E-state index in [1.54, 1.807) is 14.2 Å². The number of carbonyl (C=O) groups excluding carboxylic acids is 1. The first-order chi connectivity index (χ1) is 16.2. The van der Waals surface area contributed by atoms with Crippen molar-refractivity contribution in [2.45, 2.75) is 64.6 Å². The van der Waals surface area contributed by atoms with Crippen LogP contribution >= 0.6 is 0 Å². The van der Waals surface area contributed by atoms with E-state index in [4.69, 9.17) is 14.2 Å². The molecular weight excluding hydrogens is 430 g/mol. The third kappa shape index (κ3) is 7.35. The van der Waals surface area contributed by atoms with Crippen molar-refractivity contribution >= 4 is 6.09 Å². The maximum atomic E-state index is 12.4. The Hall–Kier alpha value is -2.80. The second-order valence-electron chi connectivity index (χ2n) is 9.99. The van der Waals surface area contributed by atoms with Gasteiger partial charge in [-0.05, 0) is 76.1 Å². The number of hydrogen-bond donors (Lipinski definition) is 1. The molecule has 34 heavy (non-hydrogen) atoms. The van der Waals surface area contributed by atoms with Crippen molar-refractivity contribution in [2.75, 3.05) is 27.3 Å². The number of hydrogen-bond acceptors (Lipinski definition) is 6. The Labute approximate surface area is 203 Å². The molecule has 186 valence electrons. The molecule has 3 rings (SSSR count). The number of piperidine rings is 1. The minimum atomic E-state index is -0.470. The number of methoxy groups -OCH3 is 2.